The molecule has 1 fully saturated rings. The number of aliphatic hydroxyl groups is 1. The van der Waals surface area contributed by atoms with Gasteiger partial charge in [-0.15, -0.1) is 0 Å². The highest BCUT2D eigenvalue weighted by Gasteiger charge is 2.33. The van der Waals surface area contributed by atoms with Crippen LogP contribution >= 0.6 is 0 Å². The summed E-state index contributed by atoms with van der Waals surface area (Å²) in [7, 11) is -3.72. The molecule has 116 valence electrons. The lowest BCUT2D eigenvalue weighted by molar-refractivity contribution is -0.385. The molecule has 0 bridgehead atoms. The minimum atomic E-state index is -3.72. The lowest BCUT2D eigenvalue weighted by Gasteiger charge is -2.16. The average Bonchev–Trinajstić information content (AvgIpc) is 2.88. The molecule has 1 heterocycles. The SMILES string of the molecule is Cc1ccc(S(=O)(=O)N2CCC(CCO)C2)cc1[N+](=O)[O-]. The molecule has 1 aromatic carbocycles. The van der Waals surface area contributed by atoms with Gasteiger partial charge < -0.3 is 5.11 Å². The van der Waals surface area contributed by atoms with Crippen molar-refractivity contribution in [1.29, 1.82) is 0 Å². The predicted octanol–water partition coefficient (Wildman–Crippen LogP) is 1.30. The number of hydrogen-bond acceptors (Lipinski definition) is 5. The zero-order valence-corrected chi connectivity index (χ0v) is 12.5. The molecule has 1 aliphatic heterocycles. The number of benzene rings is 1. The average molecular weight is 314 g/mol. The van der Waals surface area contributed by atoms with E-state index in [1.165, 1.54) is 16.4 Å². The van der Waals surface area contributed by atoms with Crippen LogP contribution in [0.25, 0.3) is 0 Å². The standard InChI is InChI=1S/C13H18N2O5S/c1-10-2-3-12(8-13(10)15(17)18)21(19,20)14-6-4-11(9-14)5-7-16/h2-3,8,11,16H,4-7,9H2,1H3. The van der Waals surface area contributed by atoms with Gasteiger partial charge >= 0.3 is 0 Å². The van der Waals surface area contributed by atoms with E-state index in [1.54, 1.807) is 6.92 Å². The van der Waals surface area contributed by atoms with Crippen LogP contribution in [0.1, 0.15) is 18.4 Å². The predicted molar refractivity (Wildman–Crippen MR) is 76.4 cm³/mol. The second-order valence-electron chi connectivity index (χ2n) is 5.24. The van der Waals surface area contributed by atoms with Crippen molar-refractivity contribution in [2.24, 2.45) is 5.92 Å². The quantitative estimate of drug-likeness (QED) is 0.652. The van der Waals surface area contributed by atoms with E-state index in [0.29, 0.717) is 31.5 Å². The molecule has 2 rings (SSSR count). The number of hydrogen-bond donors (Lipinski definition) is 1. The molecule has 7 nitrogen and oxygen atoms in total. The summed E-state index contributed by atoms with van der Waals surface area (Å²) in [6.07, 6.45) is 1.27. The summed E-state index contributed by atoms with van der Waals surface area (Å²) in [6.45, 7) is 2.34. The molecule has 0 saturated carbocycles. The van der Waals surface area contributed by atoms with Gasteiger partial charge in [-0.05, 0) is 31.7 Å². The molecule has 0 amide bonds. The highest BCUT2D eigenvalue weighted by molar-refractivity contribution is 7.89. The molecule has 0 spiro atoms. The first-order valence-electron chi connectivity index (χ1n) is 6.72. The van der Waals surface area contributed by atoms with Gasteiger partial charge in [-0.2, -0.15) is 4.31 Å². The zero-order chi connectivity index (χ0) is 15.6. The van der Waals surface area contributed by atoms with E-state index in [4.69, 9.17) is 5.11 Å². The Balaban J connectivity index is 2.28. The second kappa shape index (κ2) is 6.08. The van der Waals surface area contributed by atoms with Gasteiger partial charge in [-0.1, -0.05) is 6.07 Å². The van der Waals surface area contributed by atoms with Crippen LogP contribution in [0.3, 0.4) is 0 Å². The van der Waals surface area contributed by atoms with Crippen molar-refractivity contribution in [1.82, 2.24) is 4.31 Å². The normalized spacial score (nSPS) is 19.8. The third-order valence-corrected chi connectivity index (χ3v) is 5.66. The van der Waals surface area contributed by atoms with Gasteiger partial charge in [0.1, 0.15) is 0 Å². The van der Waals surface area contributed by atoms with Crippen molar-refractivity contribution in [3.05, 3.63) is 33.9 Å². The molecule has 0 radical (unpaired) electrons. The fraction of sp³-hybridized carbons (Fsp3) is 0.538. The van der Waals surface area contributed by atoms with E-state index in [-0.39, 0.29) is 23.1 Å². The van der Waals surface area contributed by atoms with E-state index < -0.39 is 14.9 Å². The first-order valence-corrected chi connectivity index (χ1v) is 8.16. The third-order valence-electron chi connectivity index (χ3n) is 3.80. The number of nitro benzene ring substituents is 1. The van der Waals surface area contributed by atoms with Gasteiger partial charge in [-0.25, -0.2) is 8.42 Å². The Labute approximate surface area is 123 Å². The largest absolute Gasteiger partial charge is 0.396 e. The van der Waals surface area contributed by atoms with Crippen molar-refractivity contribution >= 4 is 15.7 Å². The number of nitro groups is 1. The van der Waals surface area contributed by atoms with Gasteiger partial charge in [0.25, 0.3) is 5.69 Å². The molecule has 0 aliphatic carbocycles. The van der Waals surface area contributed by atoms with Crippen LogP contribution < -0.4 is 0 Å². The van der Waals surface area contributed by atoms with Crippen molar-refractivity contribution < 1.29 is 18.4 Å². The van der Waals surface area contributed by atoms with E-state index in [1.807, 2.05) is 0 Å². The Kier molecular flexibility index (Phi) is 4.60. The summed E-state index contributed by atoms with van der Waals surface area (Å²) in [5.41, 5.74) is 0.237. The Morgan fingerprint density at radius 2 is 2.19 bits per heavy atom. The molecule has 21 heavy (non-hydrogen) atoms. The molecule has 1 atom stereocenters. The highest BCUT2D eigenvalue weighted by atomic mass is 32.2. The Bertz CT molecular complexity index is 644. The molecule has 0 aromatic heterocycles. The van der Waals surface area contributed by atoms with Crippen LogP contribution in [-0.2, 0) is 10.0 Å². The Morgan fingerprint density at radius 1 is 1.48 bits per heavy atom. The topological polar surface area (TPSA) is 101 Å². The fourth-order valence-corrected chi connectivity index (χ4v) is 4.08. The molecule has 1 unspecified atom stereocenters. The van der Waals surface area contributed by atoms with Gasteiger partial charge in [0.15, 0.2) is 0 Å². The van der Waals surface area contributed by atoms with Crippen molar-refractivity contribution in [3.8, 4) is 0 Å². The van der Waals surface area contributed by atoms with Crippen molar-refractivity contribution in [2.75, 3.05) is 19.7 Å². The van der Waals surface area contributed by atoms with Gasteiger partial charge in [-0.3, -0.25) is 10.1 Å². The third kappa shape index (κ3) is 3.22. The van der Waals surface area contributed by atoms with Crippen LogP contribution in [0.15, 0.2) is 23.1 Å². The van der Waals surface area contributed by atoms with Gasteiger partial charge in [0.05, 0.1) is 9.82 Å². The summed E-state index contributed by atoms with van der Waals surface area (Å²) in [5, 5.41) is 19.8. The second-order valence-corrected chi connectivity index (χ2v) is 7.17. The Hall–Kier alpha value is -1.51. The van der Waals surface area contributed by atoms with Crippen LogP contribution in [-0.4, -0.2) is 42.4 Å². The lowest BCUT2D eigenvalue weighted by atomic mass is 10.1. The van der Waals surface area contributed by atoms with Gasteiger partial charge in [0.2, 0.25) is 10.0 Å². The number of sulfonamides is 1. The van der Waals surface area contributed by atoms with E-state index >= 15 is 0 Å². The number of nitrogens with zero attached hydrogens (tertiary/aromatic N) is 2. The molecule has 1 saturated heterocycles. The summed E-state index contributed by atoms with van der Waals surface area (Å²) >= 11 is 0. The minimum absolute atomic E-state index is 0.0363. The van der Waals surface area contributed by atoms with Crippen LogP contribution in [0.2, 0.25) is 0 Å². The van der Waals surface area contributed by atoms with Crippen molar-refractivity contribution in [2.45, 2.75) is 24.7 Å². The number of aliphatic hydroxyl groups excluding tert-OH is 1. The maximum absolute atomic E-state index is 12.5. The van der Waals surface area contributed by atoms with Gasteiger partial charge in [0, 0.05) is 31.3 Å². The van der Waals surface area contributed by atoms with E-state index in [9.17, 15) is 18.5 Å². The fourth-order valence-electron chi connectivity index (χ4n) is 2.53. The minimum Gasteiger partial charge on any atom is -0.396 e. The summed E-state index contributed by atoms with van der Waals surface area (Å²) in [6, 6.07) is 3.97. The smallest absolute Gasteiger partial charge is 0.273 e. The monoisotopic (exact) mass is 314 g/mol. The maximum Gasteiger partial charge on any atom is 0.273 e. The molecule has 1 N–H and O–H groups in total. The summed E-state index contributed by atoms with van der Waals surface area (Å²) in [5.74, 6) is 0.144. The molecule has 1 aromatic rings. The molecular weight excluding hydrogens is 296 g/mol. The first kappa shape index (κ1) is 15.9. The first-order chi connectivity index (χ1) is 9.86. The maximum atomic E-state index is 12.5. The van der Waals surface area contributed by atoms with E-state index in [0.717, 1.165) is 6.07 Å². The van der Waals surface area contributed by atoms with Crippen LogP contribution in [0.4, 0.5) is 5.69 Å². The van der Waals surface area contributed by atoms with Crippen LogP contribution in [0, 0.1) is 23.0 Å². The Morgan fingerprint density at radius 3 is 2.81 bits per heavy atom. The van der Waals surface area contributed by atoms with Crippen molar-refractivity contribution in [3.63, 3.8) is 0 Å². The highest BCUT2D eigenvalue weighted by Crippen LogP contribution is 2.28. The lowest BCUT2D eigenvalue weighted by Crippen LogP contribution is -2.29. The van der Waals surface area contributed by atoms with E-state index in [2.05, 4.69) is 0 Å². The molecular formula is C13H18N2O5S. The number of rotatable bonds is 5. The zero-order valence-electron chi connectivity index (χ0n) is 11.7. The summed E-state index contributed by atoms with van der Waals surface area (Å²) < 4.78 is 26.4. The molecule has 8 heteroatoms. The summed E-state index contributed by atoms with van der Waals surface area (Å²) in [4.78, 5) is 10.3. The molecule has 1 aliphatic rings. The number of aryl methyl sites for hydroxylation is 1. The van der Waals surface area contributed by atoms with Crippen LogP contribution in [0.5, 0.6) is 0 Å².